The van der Waals surface area contributed by atoms with Gasteiger partial charge >= 0.3 is 0 Å². The van der Waals surface area contributed by atoms with Crippen LogP contribution < -0.4 is 10.1 Å². The molecule has 3 rings (SSSR count). The Balaban J connectivity index is 2.08. The molecule has 0 aliphatic heterocycles. The fourth-order valence-corrected chi connectivity index (χ4v) is 7.02. The second-order valence-electron chi connectivity index (χ2n) is 14.2. The van der Waals surface area contributed by atoms with Crippen molar-refractivity contribution in [1.29, 1.82) is 0 Å². The lowest BCUT2D eigenvalue weighted by atomic mass is 10.0. The van der Waals surface area contributed by atoms with Crippen molar-refractivity contribution in [3.8, 4) is 16.9 Å². The Hall–Kier alpha value is -3.10. The van der Waals surface area contributed by atoms with Crippen LogP contribution in [0.1, 0.15) is 79.2 Å². The van der Waals surface area contributed by atoms with Crippen LogP contribution in [0.3, 0.4) is 0 Å². The Labute approximate surface area is 286 Å². The molecule has 14 heteroatoms. The van der Waals surface area contributed by atoms with Gasteiger partial charge in [-0.25, -0.2) is 14.4 Å². The number of hydrogen-bond acceptors (Lipinski definition) is 9. The summed E-state index contributed by atoms with van der Waals surface area (Å²) in [6, 6.07) is 6.57. The maximum absolute atomic E-state index is 15.5. The van der Waals surface area contributed by atoms with Crippen LogP contribution in [0.4, 0.5) is 15.8 Å². The number of ether oxygens (including phenoxy) is 1. The molecule has 256 valence electrons. The van der Waals surface area contributed by atoms with E-state index in [1.165, 1.54) is 31.8 Å². The van der Waals surface area contributed by atoms with E-state index in [0.717, 1.165) is 6.07 Å². The molecule has 2 atom stereocenters. The van der Waals surface area contributed by atoms with Gasteiger partial charge in [0.25, 0.3) is 5.69 Å². The summed E-state index contributed by atoms with van der Waals surface area (Å²) in [5.41, 5.74) is -0.391. The fourth-order valence-electron chi connectivity index (χ4n) is 4.51. The number of nitrogens with one attached hydrogen (secondary N) is 1. The monoisotopic (exact) mass is 705 g/mol. The first-order chi connectivity index (χ1) is 21.6. The Bertz CT molecular complexity index is 1610. The smallest absolute Gasteiger partial charge is 0.295 e. The van der Waals surface area contributed by atoms with E-state index in [4.69, 9.17) is 20.8 Å². The maximum atomic E-state index is 15.5. The van der Waals surface area contributed by atoms with Crippen molar-refractivity contribution in [2.75, 3.05) is 12.4 Å². The molecule has 0 aliphatic carbocycles. The van der Waals surface area contributed by atoms with Crippen LogP contribution in [0.2, 0.25) is 23.2 Å². The molecule has 0 amide bonds. The zero-order valence-corrected chi connectivity index (χ0v) is 31.5. The number of anilines is 1. The highest BCUT2D eigenvalue weighted by molar-refractivity contribution is 7.91. The molecule has 1 aromatic heterocycles. The van der Waals surface area contributed by atoms with E-state index in [1.807, 2.05) is 13.8 Å². The van der Waals surface area contributed by atoms with Crippen molar-refractivity contribution >= 4 is 48.9 Å². The normalized spacial score (nSPS) is 14.3. The van der Waals surface area contributed by atoms with Crippen LogP contribution in [0.5, 0.6) is 5.75 Å². The molecule has 0 radical (unpaired) electrons. The number of nitrogens with zero attached hydrogens (tertiary/aromatic N) is 4. The number of nitro groups is 1. The molecule has 3 aromatic rings. The van der Waals surface area contributed by atoms with Gasteiger partial charge in [0.05, 0.1) is 30.4 Å². The minimum absolute atomic E-state index is 0.0226. The first-order valence-electron chi connectivity index (χ1n) is 15.1. The van der Waals surface area contributed by atoms with Crippen molar-refractivity contribution in [2.45, 2.75) is 96.3 Å². The standard InChI is InChI=1S/C33H45ClFN5O5SSi/c1-31(2,3)46(43)38-16-15-25(29-23(34)13-12-14-28(29)44-9)39-26-17-22(24(35)18-27(26)40(41)42)21-19-36-30(37-20-21)33(7,8)45-47(10,11)32(4,5)6/h12-14,16-20,25,39H,15H2,1-11H3/b38-16-/t25?,46-/m1/s1. The second kappa shape index (κ2) is 14.6. The second-order valence-corrected chi connectivity index (χ2v) is 21.3. The molecule has 0 saturated heterocycles. The first kappa shape index (κ1) is 38.3. The summed E-state index contributed by atoms with van der Waals surface area (Å²) in [6.07, 6.45) is 4.58. The van der Waals surface area contributed by atoms with Gasteiger partial charge in [0, 0.05) is 40.5 Å². The van der Waals surface area contributed by atoms with Gasteiger partial charge in [0.2, 0.25) is 0 Å². The average molecular weight is 706 g/mol. The van der Waals surface area contributed by atoms with Crippen LogP contribution in [-0.2, 0) is 21.4 Å². The van der Waals surface area contributed by atoms with Gasteiger partial charge in [0.15, 0.2) is 14.1 Å². The molecule has 1 heterocycles. The Morgan fingerprint density at radius 3 is 2.28 bits per heavy atom. The lowest BCUT2D eigenvalue weighted by Gasteiger charge is -2.42. The van der Waals surface area contributed by atoms with E-state index in [1.54, 1.807) is 39.0 Å². The molecule has 10 nitrogen and oxygen atoms in total. The molecule has 0 saturated carbocycles. The van der Waals surface area contributed by atoms with Crippen LogP contribution in [-0.4, -0.2) is 45.8 Å². The minimum Gasteiger partial charge on any atom is -0.591 e. The number of aromatic nitrogens is 2. The molecule has 2 aromatic carbocycles. The highest BCUT2D eigenvalue weighted by Crippen LogP contribution is 2.42. The van der Waals surface area contributed by atoms with E-state index in [0.29, 0.717) is 27.7 Å². The molecule has 1 N–H and O–H groups in total. The number of halogens is 2. The number of rotatable bonds is 12. The number of methoxy groups -OCH3 is 1. The van der Waals surface area contributed by atoms with Crippen LogP contribution >= 0.6 is 11.6 Å². The van der Waals surface area contributed by atoms with Gasteiger partial charge in [-0.2, -0.15) is 0 Å². The quantitative estimate of drug-likeness (QED) is 0.0648. The topological polar surface area (TPSA) is 135 Å². The largest absolute Gasteiger partial charge is 0.591 e. The van der Waals surface area contributed by atoms with E-state index < -0.39 is 52.5 Å². The Morgan fingerprint density at radius 1 is 1.13 bits per heavy atom. The third-order valence-electron chi connectivity index (χ3n) is 8.05. The van der Waals surface area contributed by atoms with E-state index in [2.05, 4.69) is 53.5 Å². The zero-order valence-electron chi connectivity index (χ0n) is 28.9. The lowest BCUT2D eigenvalue weighted by molar-refractivity contribution is -0.384. The van der Waals surface area contributed by atoms with Gasteiger partial charge in [-0.15, -0.1) is 0 Å². The molecule has 0 aliphatic rings. The fraction of sp³-hybridized carbons (Fsp3) is 0.485. The third kappa shape index (κ3) is 9.29. The summed E-state index contributed by atoms with van der Waals surface area (Å²) in [7, 11) is -0.689. The summed E-state index contributed by atoms with van der Waals surface area (Å²) in [5.74, 6) is 0.0470. The first-order valence-corrected chi connectivity index (χ1v) is 19.5. The maximum Gasteiger partial charge on any atom is 0.295 e. The molecule has 1 unspecified atom stereocenters. The summed E-state index contributed by atoms with van der Waals surface area (Å²) in [4.78, 5) is 20.5. The van der Waals surface area contributed by atoms with Gasteiger partial charge in [-0.1, -0.05) is 42.8 Å². The van der Waals surface area contributed by atoms with E-state index in [-0.39, 0.29) is 22.7 Å². The molecular formula is C33H45ClFN5O5SSi. The molecular weight excluding hydrogens is 661 g/mol. The Morgan fingerprint density at radius 2 is 1.74 bits per heavy atom. The number of benzene rings is 2. The van der Waals surface area contributed by atoms with E-state index in [9.17, 15) is 14.7 Å². The summed E-state index contributed by atoms with van der Waals surface area (Å²) in [6.45, 7) is 19.9. The highest BCUT2D eigenvalue weighted by atomic mass is 35.5. The summed E-state index contributed by atoms with van der Waals surface area (Å²) in [5, 5.41) is 15.6. The van der Waals surface area contributed by atoms with Gasteiger partial charge in [-0.3, -0.25) is 10.1 Å². The van der Waals surface area contributed by atoms with Gasteiger partial charge in [0.1, 0.15) is 39.0 Å². The molecule has 0 bridgehead atoms. The highest BCUT2D eigenvalue weighted by Gasteiger charge is 2.43. The molecule has 0 spiro atoms. The lowest BCUT2D eigenvalue weighted by Crippen LogP contribution is -2.46. The summed E-state index contributed by atoms with van der Waals surface area (Å²) >= 11 is 5.08. The third-order valence-corrected chi connectivity index (χ3v) is 14.4. The number of nitro benzene ring substituents is 1. The zero-order chi connectivity index (χ0) is 35.5. The predicted molar refractivity (Wildman–Crippen MR) is 191 cm³/mol. The number of hydrogen-bond donors (Lipinski definition) is 1. The Kier molecular flexibility index (Phi) is 11.9. The predicted octanol–water partition coefficient (Wildman–Crippen LogP) is 9.19. The van der Waals surface area contributed by atoms with Crippen LogP contribution in [0, 0.1) is 15.9 Å². The van der Waals surface area contributed by atoms with Crippen molar-refractivity contribution in [3.05, 3.63) is 75.1 Å². The van der Waals surface area contributed by atoms with Crippen LogP contribution in [0.15, 0.2) is 47.1 Å². The SMILES string of the molecule is COc1cccc(Cl)c1C(C/C=N\[S@+]([O-])C(C)(C)C)Nc1cc(-c2cnc(C(C)(C)O[Si](C)(C)C(C)(C)C)nc2)c(F)cc1[N+](=O)[O-]. The van der Waals surface area contributed by atoms with Gasteiger partial charge in [-0.05, 0) is 71.0 Å². The van der Waals surface area contributed by atoms with Gasteiger partial charge < -0.3 is 19.0 Å². The minimum atomic E-state index is -2.17. The summed E-state index contributed by atoms with van der Waals surface area (Å²) < 4.78 is 43.9. The van der Waals surface area contributed by atoms with Crippen molar-refractivity contribution in [2.24, 2.45) is 4.40 Å². The average Bonchev–Trinajstić information content (AvgIpc) is 2.95. The molecule has 47 heavy (non-hydrogen) atoms. The molecule has 0 fully saturated rings. The van der Waals surface area contributed by atoms with Crippen molar-refractivity contribution < 1.29 is 23.0 Å². The van der Waals surface area contributed by atoms with Crippen molar-refractivity contribution in [1.82, 2.24) is 9.97 Å². The van der Waals surface area contributed by atoms with E-state index >= 15 is 4.39 Å². The van der Waals surface area contributed by atoms with Crippen molar-refractivity contribution in [3.63, 3.8) is 0 Å². The van der Waals surface area contributed by atoms with Crippen LogP contribution in [0.25, 0.3) is 11.1 Å².